The molecule has 32 heavy (non-hydrogen) atoms. The molecule has 0 radical (unpaired) electrons. The van der Waals surface area contributed by atoms with Crippen LogP contribution >= 0.6 is 0 Å². The van der Waals surface area contributed by atoms with Gasteiger partial charge in [-0.15, -0.1) is 0 Å². The summed E-state index contributed by atoms with van der Waals surface area (Å²) < 4.78 is 22.2. The van der Waals surface area contributed by atoms with Gasteiger partial charge in [0.2, 0.25) is 0 Å². The second-order valence-electron chi connectivity index (χ2n) is 7.23. The van der Waals surface area contributed by atoms with Crippen LogP contribution in [0.15, 0.2) is 84.9 Å². The molecular formula is C28H26O4. The molecule has 0 fully saturated rings. The molecule has 4 rings (SSSR count). The molecule has 0 unspecified atom stereocenters. The van der Waals surface area contributed by atoms with Gasteiger partial charge < -0.3 is 18.9 Å². The highest BCUT2D eigenvalue weighted by Crippen LogP contribution is 2.40. The van der Waals surface area contributed by atoms with E-state index in [-0.39, 0.29) is 0 Å². The van der Waals surface area contributed by atoms with E-state index in [1.807, 2.05) is 36.4 Å². The summed E-state index contributed by atoms with van der Waals surface area (Å²) in [4.78, 5) is 0. The Labute approximate surface area is 189 Å². The highest BCUT2D eigenvalue weighted by atomic mass is 16.5. The SMILES string of the molecule is COc1cccc(OC)c1-c1ccc(-c2ccc(-c3c(OC)cccc3OC)cc2)cc1. The molecule has 0 aromatic heterocycles. The lowest BCUT2D eigenvalue weighted by molar-refractivity contribution is 0.397. The Morgan fingerprint density at radius 1 is 0.344 bits per heavy atom. The molecule has 0 spiro atoms. The van der Waals surface area contributed by atoms with Crippen LogP contribution in [0, 0.1) is 0 Å². The first kappa shape index (κ1) is 21.3. The molecule has 4 aromatic rings. The van der Waals surface area contributed by atoms with E-state index in [2.05, 4.69) is 48.5 Å². The third-order valence-electron chi connectivity index (χ3n) is 5.54. The van der Waals surface area contributed by atoms with E-state index in [1.54, 1.807) is 28.4 Å². The Kier molecular flexibility index (Phi) is 6.31. The molecule has 0 aliphatic heterocycles. The van der Waals surface area contributed by atoms with E-state index >= 15 is 0 Å². The van der Waals surface area contributed by atoms with Crippen LogP contribution in [0.1, 0.15) is 0 Å². The zero-order valence-corrected chi connectivity index (χ0v) is 18.7. The standard InChI is InChI=1S/C28H26O4/c1-29-23-7-5-8-24(30-2)27(23)21-15-11-19(12-16-21)20-13-17-22(18-14-20)28-25(31-3)9-6-10-26(28)32-4/h5-18H,1-4H3. The minimum atomic E-state index is 0.784. The minimum Gasteiger partial charge on any atom is -0.496 e. The summed E-state index contributed by atoms with van der Waals surface area (Å²) >= 11 is 0. The van der Waals surface area contributed by atoms with Gasteiger partial charge >= 0.3 is 0 Å². The van der Waals surface area contributed by atoms with Gasteiger partial charge in [-0.05, 0) is 46.5 Å². The summed E-state index contributed by atoms with van der Waals surface area (Å²) in [5.74, 6) is 3.14. The molecule has 4 aromatic carbocycles. The number of benzene rings is 4. The van der Waals surface area contributed by atoms with Gasteiger partial charge in [0.05, 0.1) is 39.6 Å². The summed E-state index contributed by atoms with van der Waals surface area (Å²) in [5, 5.41) is 0. The van der Waals surface area contributed by atoms with Crippen molar-refractivity contribution in [3.63, 3.8) is 0 Å². The lowest BCUT2D eigenvalue weighted by Crippen LogP contribution is -1.93. The molecule has 0 atom stereocenters. The average Bonchev–Trinajstić information content (AvgIpc) is 2.87. The van der Waals surface area contributed by atoms with Crippen LogP contribution in [0.3, 0.4) is 0 Å². The van der Waals surface area contributed by atoms with E-state index in [0.717, 1.165) is 56.4 Å². The van der Waals surface area contributed by atoms with Crippen molar-refractivity contribution in [1.29, 1.82) is 0 Å². The lowest BCUT2D eigenvalue weighted by atomic mass is 9.97. The molecule has 0 heterocycles. The Morgan fingerprint density at radius 3 is 0.844 bits per heavy atom. The molecule has 0 saturated carbocycles. The van der Waals surface area contributed by atoms with Crippen molar-refractivity contribution in [3.05, 3.63) is 84.9 Å². The first-order chi connectivity index (χ1) is 15.7. The molecule has 0 saturated heterocycles. The second kappa shape index (κ2) is 9.48. The topological polar surface area (TPSA) is 36.9 Å². The highest BCUT2D eigenvalue weighted by molar-refractivity contribution is 5.81. The van der Waals surface area contributed by atoms with Crippen molar-refractivity contribution in [2.24, 2.45) is 0 Å². The summed E-state index contributed by atoms with van der Waals surface area (Å²) in [6.45, 7) is 0. The predicted molar refractivity (Wildman–Crippen MR) is 129 cm³/mol. The Hall–Kier alpha value is -3.92. The van der Waals surface area contributed by atoms with Crippen molar-refractivity contribution >= 4 is 0 Å². The first-order valence-corrected chi connectivity index (χ1v) is 10.3. The van der Waals surface area contributed by atoms with E-state index < -0.39 is 0 Å². The largest absolute Gasteiger partial charge is 0.496 e. The van der Waals surface area contributed by atoms with E-state index in [1.165, 1.54) is 0 Å². The maximum atomic E-state index is 5.55. The van der Waals surface area contributed by atoms with E-state index in [9.17, 15) is 0 Å². The number of hydrogen-bond acceptors (Lipinski definition) is 4. The number of hydrogen-bond donors (Lipinski definition) is 0. The third-order valence-corrected chi connectivity index (χ3v) is 5.54. The maximum Gasteiger partial charge on any atom is 0.130 e. The quantitative estimate of drug-likeness (QED) is 0.329. The molecular weight excluding hydrogens is 400 g/mol. The molecule has 0 aliphatic carbocycles. The van der Waals surface area contributed by atoms with Crippen molar-refractivity contribution < 1.29 is 18.9 Å². The fraction of sp³-hybridized carbons (Fsp3) is 0.143. The van der Waals surface area contributed by atoms with Crippen LogP contribution in [0.4, 0.5) is 0 Å². The lowest BCUT2D eigenvalue weighted by Gasteiger charge is -2.14. The Morgan fingerprint density at radius 2 is 0.594 bits per heavy atom. The summed E-state index contributed by atoms with van der Waals surface area (Å²) in [7, 11) is 6.69. The second-order valence-corrected chi connectivity index (χ2v) is 7.23. The third kappa shape index (κ3) is 4.00. The minimum absolute atomic E-state index is 0.784. The number of ether oxygens (including phenoxy) is 4. The molecule has 162 valence electrons. The Balaban J connectivity index is 1.67. The van der Waals surface area contributed by atoms with Gasteiger partial charge in [0.1, 0.15) is 23.0 Å². The van der Waals surface area contributed by atoms with Gasteiger partial charge in [-0.2, -0.15) is 0 Å². The molecule has 4 nitrogen and oxygen atoms in total. The Bertz CT molecular complexity index is 1050. The van der Waals surface area contributed by atoms with Crippen molar-refractivity contribution in [1.82, 2.24) is 0 Å². The first-order valence-electron chi connectivity index (χ1n) is 10.3. The zero-order chi connectivity index (χ0) is 22.5. The molecule has 4 heteroatoms. The van der Waals surface area contributed by atoms with Crippen LogP contribution in [0.5, 0.6) is 23.0 Å². The van der Waals surface area contributed by atoms with Crippen molar-refractivity contribution in [2.75, 3.05) is 28.4 Å². The maximum absolute atomic E-state index is 5.55. The van der Waals surface area contributed by atoms with Gasteiger partial charge in [-0.1, -0.05) is 60.7 Å². The van der Waals surface area contributed by atoms with Crippen LogP contribution in [0.25, 0.3) is 33.4 Å². The predicted octanol–water partition coefficient (Wildman–Crippen LogP) is 6.72. The van der Waals surface area contributed by atoms with Crippen LogP contribution in [-0.4, -0.2) is 28.4 Å². The van der Waals surface area contributed by atoms with Crippen molar-refractivity contribution in [3.8, 4) is 56.4 Å². The van der Waals surface area contributed by atoms with E-state index in [0.29, 0.717) is 0 Å². The molecule has 0 amide bonds. The monoisotopic (exact) mass is 426 g/mol. The van der Waals surface area contributed by atoms with Gasteiger partial charge in [0.15, 0.2) is 0 Å². The number of rotatable bonds is 7. The fourth-order valence-corrected chi connectivity index (χ4v) is 3.93. The van der Waals surface area contributed by atoms with Gasteiger partial charge in [-0.3, -0.25) is 0 Å². The highest BCUT2D eigenvalue weighted by Gasteiger charge is 2.14. The smallest absolute Gasteiger partial charge is 0.130 e. The fourth-order valence-electron chi connectivity index (χ4n) is 3.93. The van der Waals surface area contributed by atoms with Crippen LogP contribution in [-0.2, 0) is 0 Å². The van der Waals surface area contributed by atoms with Crippen molar-refractivity contribution in [2.45, 2.75) is 0 Å². The van der Waals surface area contributed by atoms with Gasteiger partial charge in [0.25, 0.3) is 0 Å². The summed E-state index contributed by atoms with van der Waals surface area (Å²) in [6.07, 6.45) is 0. The van der Waals surface area contributed by atoms with E-state index in [4.69, 9.17) is 18.9 Å². The summed E-state index contributed by atoms with van der Waals surface area (Å²) in [5.41, 5.74) is 6.23. The number of methoxy groups -OCH3 is 4. The molecule has 0 bridgehead atoms. The average molecular weight is 427 g/mol. The molecule has 0 aliphatic rings. The van der Waals surface area contributed by atoms with Crippen LogP contribution < -0.4 is 18.9 Å². The molecule has 0 N–H and O–H groups in total. The van der Waals surface area contributed by atoms with Gasteiger partial charge in [0, 0.05) is 0 Å². The summed E-state index contributed by atoms with van der Waals surface area (Å²) in [6, 6.07) is 28.4. The normalized spacial score (nSPS) is 10.5. The van der Waals surface area contributed by atoms with Gasteiger partial charge in [-0.25, -0.2) is 0 Å². The van der Waals surface area contributed by atoms with Crippen LogP contribution in [0.2, 0.25) is 0 Å². The zero-order valence-electron chi connectivity index (χ0n) is 18.7.